The first kappa shape index (κ1) is 28.1. The molecule has 0 aliphatic heterocycles. The van der Waals surface area contributed by atoms with Crippen molar-refractivity contribution in [3.63, 3.8) is 0 Å². The molecule has 0 aliphatic rings. The number of H-pyrrole nitrogens is 1. The lowest BCUT2D eigenvalue weighted by molar-refractivity contribution is 0.975. The van der Waals surface area contributed by atoms with Gasteiger partial charge in [-0.3, -0.25) is 4.57 Å². The van der Waals surface area contributed by atoms with Crippen molar-refractivity contribution in [3.8, 4) is 51.4 Å². The van der Waals surface area contributed by atoms with E-state index < -0.39 is 0 Å². The largest absolute Gasteiger partial charge is 0.355 e. The van der Waals surface area contributed by atoms with Gasteiger partial charge in [0.15, 0.2) is 17.5 Å². The van der Waals surface area contributed by atoms with Crippen LogP contribution in [0.5, 0.6) is 0 Å². The van der Waals surface area contributed by atoms with Crippen LogP contribution in [0, 0.1) is 0 Å². The number of rotatable bonds is 5. The fourth-order valence-electron chi connectivity index (χ4n) is 6.90. The SMILES string of the molecule is c1ccc(-c2nc(-c3ccccc3)nc(-c3ccnc(-n4c5ccccc5c5cc(-c6ccc7[nH]c8ccccc8c7c6)ccc54)n3)n2)cc1. The number of aromatic amines is 1. The molecule has 0 bridgehead atoms. The van der Waals surface area contributed by atoms with Crippen LogP contribution >= 0.6 is 0 Å². The van der Waals surface area contributed by atoms with Gasteiger partial charge in [0.25, 0.3) is 0 Å². The van der Waals surface area contributed by atoms with Gasteiger partial charge in [-0.25, -0.2) is 24.9 Å². The van der Waals surface area contributed by atoms with Gasteiger partial charge in [-0.1, -0.05) is 109 Å². The highest BCUT2D eigenvalue weighted by Crippen LogP contribution is 2.36. The molecule has 4 heterocycles. The average Bonchev–Trinajstić information content (AvgIpc) is 3.73. The zero-order valence-corrected chi connectivity index (χ0v) is 26.7. The Morgan fingerprint density at radius 3 is 1.74 bits per heavy atom. The zero-order chi connectivity index (χ0) is 33.0. The maximum Gasteiger partial charge on any atom is 0.235 e. The first-order valence-electron chi connectivity index (χ1n) is 16.5. The number of fused-ring (bicyclic) bond motifs is 6. The maximum absolute atomic E-state index is 5.09. The number of aromatic nitrogens is 7. The van der Waals surface area contributed by atoms with E-state index in [4.69, 9.17) is 24.9 Å². The van der Waals surface area contributed by atoms with E-state index >= 15 is 0 Å². The number of benzene rings is 6. The van der Waals surface area contributed by atoms with Crippen LogP contribution in [0.15, 0.2) is 158 Å². The Labute approximate surface area is 286 Å². The number of hydrogen-bond donors (Lipinski definition) is 1. The summed E-state index contributed by atoms with van der Waals surface area (Å²) in [6, 6.07) is 51.9. The zero-order valence-electron chi connectivity index (χ0n) is 26.7. The lowest BCUT2D eigenvalue weighted by Crippen LogP contribution is -2.05. The molecule has 0 saturated heterocycles. The molecule has 0 spiro atoms. The minimum Gasteiger partial charge on any atom is -0.355 e. The van der Waals surface area contributed by atoms with Gasteiger partial charge in [-0.2, -0.15) is 0 Å². The third-order valence-corrected chi connectivity index (χ3v) is 9.28. The molecule has 0 saturated carbocycles. The summed E-state index contributed by atoms with van der Waals surface area (Å²) in [6.45, 7) is 0. The highest BCUT2D eigenvalue weighted by Gasteiger charge is 2.18. The molecule has 10 rings (SSSR count). The Hall–Kier alpha value is -6.99. The van der Waals surface area contributed by atoms with Crippen molar-refractivity contribution in [2.45, 2.75) is 0 Å². The van der Waals surface area contributed by atoms with E-state index in [2.05, 4.69) is 94.5 Å². The van der Waals surface area contributed by atoms with Crippen LogP contribution in [0.25, 0.3) is 95.0 Å². The van der Waals surface area contributed by atoms with Crippen molar-refractivity contribution >= 4 is 43.6 Å². The van der Waals surface area contributed by atoms with Crippen molar-refractivity contribution in [1.82, 2.24) is 34.5 Å². The lowest BCUT2D eigenvalue weighted by atomic mass is 10.0. The quantitative estimate of drug-likeness (QED) is 0.202. The summed E-state index contributed by atoms with van der Waals surface area (Å²) < 4.78 is 2.12. The number of nitrogens with zero attached hydrogens (tertiary/aromatic N) is 6. The summed E-state index contributed by atoms with van der Waals surface area (Å²) in [5.74, 6) is 2.20. The Kier molecular flexibility index (Phi) is 6.35. The van der Waals surface area contributed by atoms with E-state index in [-0.39, 0.29) is 0 Å². The highest BCUT2D eigenvalue weighted by molar-refractivity contribution is 6.11. The molecule has 0 fully saturated rings. The molecule has 0 aliphatic carbocycles. The van der Waals surface area contributed by atoms with Gasteiger partial charge in [-0.05, 0) is 53.6 Å². The van der Waals surface area contributed by atoms with E-state index in [1.54, 1.807) is 6.20 Å². The normalized spacial score (nSPS) is 11.6. The summed E-state index contributed by atoms with van der Waals surface area (Å²) in [6.07, 6.45) is 1.78. The molecule has 50 heavy (non-hydrogen) atoms. The van der Waals surface area contributed by atoms with Crippen molar-refractivity contribution < 1.29 is 0 Å². The standard InChI is InChI=1S/C43H27N7/c1-3-11-27(12-4-1)40-47-41(28-13-5-2-6-14-28)49-42(48-40)37-23-24-44-43(46-37)50-38-18-10-8-16-32(38)34-26-30(20-22-39(34)50)29-19-21-36-33(25-29)31-15-7-9-17-35(31)45-36/h1-26,45H. The van der Waals surface area contributed by atoms with E-state index in [1.807, 2.05) is 66.7 Å². The van der Waals surface area contributed by atoms with Gasteiger partial charge >= 0.3 is 0 Å². The Morgan fingerprint density at radius 2 is 0.980 bits per heavy atom. The van der Waals surface area contributed by atoms with E-state index in [9.17, 15) is 0 Å². The molecule has 234 valence electrons. The van der Waals surface area contributed by atoms with Crippen LogP contribution in [0.1, 0.15) is 0 Å². The van der Waals surface area contributed by atoms with Crippen molar-refractivity contribution in [1.29, 1.82) is 0 Å². The third kappa shape index (κ3) is 4.64. The van der Waals surface area contributed by atoms with Gasteiger partial charge < -0.3 is 4.98 Å². The summed E-state index contributed by atoms with van der Waals surface area (Å²) in [7, 11) is 0. The molecule has 1 N–H and O–H groups in total. The number of nitrogens with one attached hydrogen (secondary N) is 1. The van der Waals surface area contributed by atoms with Crippen molar-refractivity contribution in [2.24, 2.45) is 0 Å². The minimum atomic E-state index is 0.483. The fourth-order valence-corrected chi connectivity index (χ4v) is 6.90. The van der Waals surface area contributed by atoms with Crippen LogP contribution in [-0.2, 0) is 0 Å². The molecule has 10 aromatic rings. The Morgan fingerprint density at radius 1 is 0.400 bits per heavy atom. The maximum atomic E-state index is 5.09. The predicted octanol–water partition coefficient (Wildman–Crippen LogP) is 10.1. The molecule has 0 unspecified atom stereocenters. The lowest BCUT2D eigenvalue weighted by Gasteiger charge is -2.10. The second-order valence-electron chi connectivity index (χ2n) is 12.3. The van der Waals surface area contributed by atoms with Crippen molar-refractivity contribution in [2.75, 3.05) is 0 Å². The predicted molar refractivity (Wildman–Crippen MR) is 201 cm³/mol. The van der Waals surface area contributed by atoms with Gasteiger partial charge in [0.2, 0.25) is 5.95 Å². The molecule has 0 radical (unpaired) electrons. The monoisotopic (exact) mass is 641 g/mol. The molecule has 4 aromatic heterocycles. The van der Waals surface area contributed by atoms with E-state index in [1.165, 1.54) is 10.8 Å². The highest BCUT2D eigenvalue weighted by atomic mass is 15.2. The number of para-hydroxylation sites is 2. The molecule has 7 heteroatoms. The topological polar surface area (TPSA) is 85.2 Å². The summed E-state index contributed by atoms with van der Waals surface area (Å²) in [5, 5.41) is 4.70. The summed E-state index contributed by atoms with van der Waals surface area (Å²) in [4.78, 5) is 28.1. The second kappa shape index (κ2) is 11.3. The average molecular weight is 642 g/mol. The van der Waals surface area contributed by atoms with Gasteiger partial charge in [0.1, 0.15) is 5.69 Å². The molecule has 0 amide bonds. The number of hydrogen-bond acceptors (Lipinski definition) is 5. The second-order valence-corrected chi connectivity index (χ2v) is 12.3. The van der Waals surface area contributed by atoms with E-state index in [0.717, 1.165) is 55.1 Å². The summed E-state index contributed by atoms with van der Waals surface area (Å²) >= 11 is 0. The molecule has 7 nitrogen and oxygen atoms in total. The van der Waals surface area contributed by atoms with Crippen LogP contribution in [-0.4, -0.2) is 34.5 Å². The van der Waals surface area contributed by atoms with Crippen LogP contribution < -0.4 is 0 Å². The van der Waals surface area contributed by atoms with Crippen molar-refractivity contribution in [3.05, 3.63) is 158 Å². The summed E-state index contributed by atoms with van der Waals surface area (Å²) in [5.41, 5.74) is 9.06. The smallest absolute Gasteiger partial charge is 0.235 e. The van der Waals surface area contributed by atoms with Gasteiger partial charge in [0.05, 0.1) is 11.0 Å². The first-order valence-corrected chi connectivity index (χ1v) is 16.5. The molecule has 6 aromatic carbocycles. The Bertz CT molecular complexity index is 2820. The van der Waals surface area contributed by atoms with Crippen LogP contribution in [0.3, 0.4) is 0 Å². The Balaban J connectivity index is 1.12. The van der Waals surface area contributed by atoms with Crippen LogP contribution in [0.4, 0.5) is 0 Å². The first-order chi connectivity index (χ1) is 24.8. The van der Waals surface area contributed by atoms with Crippen LogP contribution in [0.2, 0.25) is 0 Å². The fraction of sp³-hybridized carbons (Fsp3) is 0. The van der Waals surface area contributed by atoms with E-state index in [0.29, 0.717) is 29.1 Å². The minimum absolute atomic E-state index is 0.483. The molecule has 0 atom stereocenters. The molecular formula is C43H27N7. The van der Waals surface area contributed by atoms with Gasteiger partial charge in [-0.15, -0.1) is 0 Å². The van der Waals surface area contributed by atoms with Gasteiger partial charge in [0, 0.05) is 49.9 Å². The molecular weight excluding hydrogens is 615 g/mol. The third-order valence-electron chi connectivity index (χ3n) is 9.28.